The summed E-state index contributed by atoms with van der Waals surface area (Å²) in [5.74, 6) is -9.16. The number of nitrogens with one attached hydrogen (secondary N) is 3. The molecular formula is C48H57F4N7O7. The van der Waals surface area contributed by atoms with Crippen molar-refractivity contribution in [3.8, 4) is 33.6 Å². The molecule has 1 aliphatic carbocycles. The first-order valence-electron chi connectivity index (χ1n) is 22.6. The molecule has 3 amide bonds. The van der Waals surface area contributed by atoms with Gasteiger partial charge in [-0.05, 0) is 65.3 Å². The number of alkyl halides is 4. The SMILES string of the molecule is COC(=O)C[C@H](C(=O)N1CC(F)(F)C[C@H]1c1ncc(-c2ccc(-c3ccc(-c4cnc([C@@H]5CC(F)(F)CN5C(=O)[C@@H](NC(=O)OC)C(C)C)[nH]4)c4c3C3(CCOCC3)CC4)cc2)[nH]1)C(C)C. The van der Waals surface area contributed by atoms with Gasteiger partial charge >= 0.3 is 12.1 Å². The Labute approximate surface area is 380 Å². The van der Waals surface area contributed by atoms with Gasteiger partial charge in [0.15, 0.2) is 0 Å². The van der Waals surface area contributed by atoms with Crippen molar-refractivity contribution in [1.82, 2.24) is 35.1 Å². The molecule has 2 aromatic heterocycles. The number of hydrogen-bond acceptors (Lipinski definition) is 9. The van der Waals surface area contributed by atoms with Gasteiger partial charge in [-0.2, -0.15) is 0 Å². The Kier molecular flexibility index (Phi) is 12.8. The van der Waals surface area contributed by atoms with Crippen molar-refractivity contribution < 1.29 is 51.0 Å². The molecule has 0 bridgehead atoms. The Morgan fingerprint density at radius 3 is 1.89 bits per heavy atom. The van der Waals surface area contributed by atoms with Crippen LogP contribution in [0.1, 0.15) is 101 Å². The van der Waals surface area contributed by atoms with Crippen molar-refractivity contribution in [2.24, 2.45) is 17.8 Å². The number of fused-ring (bicyclic) bond motifs is 2. The maximum absolute atomic E-state index is 15.1. The largest absolute Gasteiger partial charge is 0.469 e. The Bertz CT molecular complexity index is 2460. The fraction of sp³-hybridized carbons (Fsp3) is 0.542. The van der Waals surface area contributed by atoms with Crippen molar-refractivity contribution in [2.45, 2.75) is 108 Å². The lowest BCUT2D eigenvalue weighted by Crippen LogP contribution is -2.51. The lowest BCUT2D eigenvalue weighted by Gasteiger charge is -2.36. The van der Waals surface area contributed by atoms with Crippen LogP contribution in [-0.2, 0) is 40.4 Å². The third-order valence-corrected chi connectivity index (χ3v) is 14.0. The standard InChI is InChI=1S/C48H57F4N7O7/c1-26(2)33(19-38(60)64-5)43(61)58-24-47(49,50)20-36(58)41-53-22-34(55-41)29-9-7-28(8-10-29)30-11-12-31(32-13-14-46(39(30)32)15-17-66-18-16-46)35-23-54-42(56-35)37-21-48(51,52)25-59(37)44(62)40(27(3)4)57-45(63)65-6/h7-12,22-23,26-27,33,36-37,40H,13-21,24-25H2,1-6H3,(H,53,55)(H,54,56)(H,57,63)/t33-,36-,37-,40-/m0/s1. The zero-order valence-corrected chi connectivity index (χ0v) is 38.0. The highest BCUT2D eigenvalue weighted by molar-refractivity contribution is 5.87. The van der Waals surface area contributed by atoms with E-state index in [4.69, 9.17) is 14.2 Å². The number of carbonyl (C=O) groups excluding carboxylic acids is 4. The number of aromatic amines is 2. The number of carbonyl (C=O) groups is 4. The average molecular weight is 920 g/mol. The van der Waals surface area contributed by atoms with Gasteiger partial charge in [0.2, 0.25) is 11.8 Å². The Morgan fingerprint density at radius 2 is 1.32 bits per heavy atom. The van der Waals surface area contributed by atoms with Crippen molar-refractivity contribution in [3.63, 3.8) is 0 Å². The number of H-pyrrole nitrogens is 2. The number of methoxy groups -OCH3 is 2. The van der Waals surface area contributed by atoms with Crippen LogP contribution < -0.4 is 5.32 Å². The molecule has 0 saturated carbocycles. The lowest BCUT2D eigenvalue weighted by atomic mass is 9.72. The molecule has 0 radical (unpaired) electrons. The Hall–Kier alpha value is -5.78. The van der Waals surface area contributed by atoms with Gasteiger partial charge in [-0.1, -0.05) is 64.1 Å². The second kappa shape index (κ2) is 18.1. The van der Waals surface area contributed by atoms with Crippen molar-refractivity contribution >= 4 is 23.9 Å². The van der Waals surface area contributed by atoms with E-state index in [0.717, 1.165) is 63.3 Å². The topological polar surface area (TPSA) is 172 Å². The lowest BCUT2D eigenvalue weighted by molar-refractivity contribution is -0.149. The van der Waals surface area contributed by atoms with E-state index in [1.807, 2.05) is 30.3 Å². The van der Waals surface area contributed by atoms with Gasteiger partial charge in [-0.3, -0.25) is 14.4 Å². The number of likely N-dealkylation sites (tertiary alicyclic amines) is 2. The third-order valence-electron chi connectivity index (χ3n) is 14.0. The number of rotatable bonds is 12. The van der Waals surface area contributed by atoms with E-state index in [9.17, 15) is 28.0 Å². The van der Waals surface area contributed by atoms with Crippen molar-refractivity contribution in [2.75, 3.05) is 40.5 Å². The summed E-state index contributed by atoms with van der Waals surface area (Å²) >= 11 is 0. The molecule has 14 nitrogen and oxygen atoms in total. The molecular weight excluding hydrogens is 863 g/mol. The van der Waals surface area contributed by atoms with Crippen LogP contribution in [0, 0.1) is 17.8 Å². The second-order valence-electron chi connectivity index (χ2n) is 18.9. The first-order valence-corrected chi connectivity index (χ1v) is 22.6. The highest BCUT2D eigenvalue weighted by Gasteiger charge is 2.52. The van der Waals surface area contributed by atoms with Crippen LogP contribution >= 0.6 is 0 Å². The van der Waals surface area contributed by atoms with E-state index >= 15 is 8.78 Å². The van der Waals surface area contributed by atoms with Crippen LogP contribution in [0.3, 0.4) is 0 Å². The molecule has 18 heteroatoms. The van der Waals surface area contributed by atoms with Gasteiger partial charge in [-0.15, -0.1) is 0 Å². The van der Waals surface area contributed by atoms with Gasteiger partial charge in [0.05, 0.1) is 75.5 Å². The van der Waals surface area contributed by atoms with Crippen LogP contribution in [-0.4, -0.2) is 112 Å². The fourth-order valence-corrected chi connectivity index (χ4v) is 10.4. The number of amides is 3. The van der Waals surface area contributed by atoms with Crippen LogP contribution in [0.4, 0.5) is 22.4 Å². The molecule has 3 aliphatic heterocycles. The van der Waals surface area contributed by atoms with Crippen LogP contribution in [0.5, 0.6) is 0 Å². The number of nitrogens with zero attached hydrogens (tertiary/aromatic N) is 4. The van der Waals surface area contributed by atoms with Gasteiger partial charge in [0.25, 0.3) is 11.8 Å². The van der Waals surface area contributed by atoms with E-state index in [1.54, 1.807) is 40.1 Å². The highest BCUT2D eigenvalue weighted by atomic mass is 19.3. The summed E-state index contributed by atoms with van der Waals surface area (Å²) < 4.78 is 75.6. The first-order chi connectivity index (χ1) is 31.3. The van der Waals surface area contributed by atoms with Crippen LogP contribution in [0.25, 0.3) is 33.6 Å². The molecule has 1 spiro atoms. The predicted molar refractivity (Wildman–Crippen MR) is 234 cm³/mol. The molecule has 5 heterocycles. The summed E-state index contributed by atoms with van der Waals surface area (Å²) in [6, 6.07) is 8.82. The number of alkyl carbamates (subject to hydrolysis) is 1. The Morgan fingerprint density at radius 1 is 0.758 bits per heavy atom. The fourth-order valence-electron chi connectivity index (χ4n) is 10.4. The maximum Gasteiger partial charge on any atom is 0.407 e. The molecule has 3 fully saturated rings. The molecule has 4 aliphatic rings. The first kappa shape index (κ1) is 46.7. The number of benzene rings is 2. The zero-order valence-electron chi connectivity index (χ0n) is 38.0. The molecule has 4 atom stereocenters. The molecule has 66 heavy (non-hydrogen) atoms. The summed E-state index contributed by atoms with van der Waals surface area (Å²) in [5.41, 5.74) is 7.05. The van der Waals surface area contributed by atoms with E-state index in [-0.39, 0.29) is 29.4 Å². The highest BCUT2D eigenvalue weighted by Crippen LogP contribution is 2.53. The molecule has 3 N–H and O–H groups in total. The van der Waals surface area contributed by atoms with E-state index < -0.39 is 91.6 Å². The number of halogens is 4. The summed E-state index contributed by atoms with van der Waals surface area (Å²) in [5, 5.41) is 2.50. The minimum atomic E-state index is -3.17. The van der Waals surface area contributed by atoms with Gasteiger partial charge in [0.1, 0.15) is 17.7 Å². The van der Waals surface area contributed by atoms with Crippen molar-refractivity contribution in [1.29, 1.82) is 0 Å². The maximum atomic E-state index is 15.1. The van der Waals surface area contributed by atoms with E-state index in [0.29, 0.717) is 24.6 Å². The summed E-state index contributed by atoms with van der Waals surface area (Å²) in [4.78, 5) is 69.6. The van der Waals surface area contributed by atoms with Crippen LogP contribution in [0.15, 0.2) is 48.8 Å². The van der Waals surface area contributed by atoms with Gasteiger partial charge in [0, 0.05) is 37.0 Å². The monoisotopic (exact) mass is 919 g/mol. The number of ether oxygens (including phenoxy) is 3. The molecule has 4 aromatic rings. The second-order valence-corrected chi connectivity index (χ2v) is 18.9. The summed E-state index contributed by atoms with van der Waals surface area (Å²) in [7, 11) is 2.40. The minimum absolute atomic E-state index is 0.161. The number of imidazole rings is 2. The molecule has 0 unspecified atom stereocenters. The van der Waals surface area contributed by atoms with Gasteiger partial charge < -0.3 is 39.3 Å². The average Bonchev–Trinajstić information content (AvgIpc) is 4.14. The minimum Gasteiger partial charge on any atom is -0.469 e. The smallest absolute Gasteiger partial charge is 0.407 e. The summed E-state index contributed by atoms with van der Waals surface area (Å²) in [6.45, 7) is 6.60. The molecule has 8 rings (SSSR count). The quantitative estimate of drug-likeness (QED) is 0.0937. The van der Waals surface area contributed by atoms with E-state index in [2.05, 4.69) is 31.3 Å². The van der Waals surface area contributed by atoms with E-state index in [1.165, 1.54) is 19.8 Å². The van der Waals surface area contributed by atoms with Crippen LogP contribution in [0.2, 0.25) is 0 Å². The van der Waals surface area contributed by atoms with Crippen molar-refractivity contribution in [3.05, 3.63) is 71.6 Å². The number of aromatic nitrogens is 4. The Balaban J connectivity index is 1.08. The predicted octanol–water partition coefficient (Wildman–Crippen LogP) is 8.16. The number of esters is 1. The zero-order chi connectivity index (χ0) is 47.3. The molecule has 2 aromatic carbocycles. The third kappa shape index (κ3) is 9.04. The van der Waals surface area contributed by atoms with Gasteiger partial charge in [-0.25, -0.2) is 32.3 Å². The molecule has 354 valence electrons. The molecule has 3 saturated heterocycles. The summed E-state index contributed by atoms with van der Waals surface area (Å²) in [6.07, 6.45) is 4.23. The normalized spacial score (nSPS) is 21.6. The number of hydrogen-bond donors (Lipinski definition) is 3.